The van der Waals surface area contributed by atoms with Crippen molar-refractivity contribution in [3.05, 3.63) is 0 Å². The zero-order chi connectivity index (χ0) is 11.2. The van der Waals surface area contributed by atoms with E-state index in [4.69, 9.17) is 0 Å². The van der Waals surface area contributed by atoms with Crippen molar-refractivity contribution in [3.8, 4) is 11.8 Å². The molecule has 82 valence electrons. The first-order valence-electron chi connectivity index (χ1n) is 5.71. The second-order valence-corrected chi connectivity index (χ2v) is 6.32. The maximum atomic E-state index is 3.27. The maximum Gasteiger partial charge on any atom is 0.0230 e. The summed E-state index contributed by atoms with van der Waals surface area (Å²) < 4.78 is 0. The number of rotatable bonds is 3. The van der Waals surface area contributed by atoms with E-state index in [-0.39, 0.29) is 5.41 Å². The summed E-state index contributed by atoms with van der Waals surface area (Å²) >= 11 is 0. The van der Waals surface area contributed by atoms with Gasteiger partial charge in [0.05, 0.1) is 0 Å². The molecule has 0 aromatic rings. The van der Waals surface area contributed by atoms with Crippen LogP contribution in [0.15, 0.2) is 0 Å². The van der Waals surface area contributed by atoms with E-state index in [9.17, 15) is 0 Å². The van der Waals surface area contributed by atoms with Crippen molar-refractivity contribution >= 4 is 0 Å². The number of hydrogen-bond acceptors (Lipinski definition) is 0. The third-order valence-electron chi connectivity index (χ3n) is 1.94. The molecule has 0 aliphatic heterocycles. The second-order valence-electron chi connectivity index (χ2n) is 6.32. The van der Waals surface area contributed by atoms with Crippen molar-refractivity contribution < 1.29 is 0 Å². The number of hydrogen-bond donors (Lipinski definition) is 0. The van der Waals surface area contributed by atoms with Gasteiger partial charge in [-0.25, -0.2) is 0 Å². The van der Waals surface area contributed by atoms with E-state index >= 15 is 0 Å². The molecule has 0 aromatic heterocycles. The summed E-state index contributed by atoms with van der Waals surface area (Å²) in [5.74, 6) is 6.53. The van der Waals surface area contributed by atoms with Crippen LogP contribution in [0.5, 0.6) is 0 Å². The van der Waals surface area contributed by atoms with E-state index in [2.05, 4.69) is 53.4 Å². The SMILES string of the molecule is CC(C)(C)C#CCCCCC(C)(C)C. The monoisotopic (exact) mass is 194 g/mol. The Morgan fingerprint density at radius 1 is 0.857 bits per heavy atom. The van der Waals surface area contributed by atoms with Crippen LogP contribution in [0.2, 0.25) is 0 Å². The molecule has 0 rings (SSSR count). The molecular formula is C14H26. The van der Waals surface area contributed by atoms with Crippen LogP contribution in [0.25, 0.3) is 0 Å². The van der Waals surface area contributed by atoms with Gasteiger partial charge < -0.3 is 0 Å². The van der Waals surface area contributed by atoms with Gasteiger partial charge in [-0.1, -0.05) is 33.1 Å². The molecule has 0 saturated carbocycles. The van der Waals surface area contributed by atoms with Gasteiger partial charge in [0.25, 0.3) is 0 Å². The predicted molar refractivity (Wildman–Crippen MR) is 65.2 cm³/mol. The zero-order valence-electron chi connectivity index (χ0n) is 10.8. The summed E-state index contributed by atoms with van der Waals surface area (Å²) in [4.78, 5) is 0. The minimum absolute atomic E-state index is 0.171. The molecule has 0 heterocycles. The Morgan fingerprint density at radius 3 is 1.86 bits per heavy atom. The third kappa shape index (κ3) is 11.6. The normalized spacial score (nSPS) is 12.1. The van der Waals surface area contributed by atoms with Crippen LogP contribution in [-0.4, -0.2) is 0 Å². The van der Waals surface area contributed by atoms with Crippen molar-refractivity contribution in [2.75, 3.05) is 0 Å². The first-order valence-corrected chi connectivity index (χ1v) is 5.71. The molecule has 0 unspecified atom stereocenters. The minimum Gasteiger partial charge on any atom is -0.103 e. The summed E-state index contributed by atoms with van der Waals surface area (Å²) in [5, 5.41) is 0. The van der Waals surface area contributed by atoms with Gasteiger partial charge in [0, 0.05) is 11.8 Å². The molecule has 0 N–H and O–H groups in total. The first kappa shape index (κ1) is 13.6. The minimum atomic E-state index is 0.171. The largest absolute Gasteiger partial charge is 0.103 e. The standard InChI is InChI=1S/C14H26/c1-13(2,3)11-9-7-8-10-12-14(4,5)6/h7-9,11H2,1-6H3. The van der Waals surface area contributed by atoms with Crippen LogP contribution in [0.4, 0.5) is 0 Å². The second kappa shape index (κ2) is 5.44. The summed E-state index contributed by atoms with van der Waals surface area (Å²) in [5.41, 5.74) is 0.654. The Bertz CT molecular complexity index is 199. The van der Waals surface area contributed by atoms with E-state index in [1.165, 1.54) is 19.3 Å². The molecular weight excluding hydrogens is 168 g/mol. The lowest BCUT2D eigenvalue weighted by atomic mass is 9.89. The van der Waals surface area contributed by atoms with E-state index in [0.29, 0.717) is 5.41 Å². The van der Waals surface area contributed by atoms with Crippen molar-refractivity contribution in [2.24, 2.45) is 10.8 Å². The molecule has 14 heavy (non-hydrogen) atoms. The van der Waals surface area contributed by atoms with Gasteiger partial charge in [-0.05, 0) is 39.0 Å². The lowest BCUT2D eigenvalue weighted by molar-refractivity contribution is 0.361. The average Bonchev–Trinajstić information content (AvgIpc) is 1.92. The van der Waals surface area contributed by atoms with Gasteiger partial charge in [0.2, 0.25) is 0 Å². The Kier molecular flexibility index (Phi) is 5.27. The van der Waals surface area contributed by atoms with Gasteiger partial charge in [-0.3, -0.25) is 0 Å². The van der Waals surface area contributed by atoms with Crippen LogP contribution >= 0.6 is 0 Å². The lowest BCUT2D eigenvalue weighted by Crippen LogP contribution is -2.03. The van der Waals surface area contributed by atoms with Gasteiger partial charge in [-0.15, -0.1) is 5.92 Å². The van der Waals surface area contributed by atoms with Crippen LogP contribution in [-0.2, 0) is 0 Å². The van der Waals surface area contributed by atoms with Crippen molar-refractivity contribution in [1.29, 1.82) is 0 Å². The van der Waals surface area contributed by atoms with Crippen LogP contribution in [0.1, 0.15) is 67.2 Å². The molecule has 0 aliphatic carbocycles. The third-order valence-corrected chi connectivity index (χ3v) is 1.94. The molecule has 0 radical (unpaired) electrons. The van der Waals surface area contributed by atoms with E-state index in [1.807, 2.05) is 0 Å². The van der Waals surface area contributed by atoms with Crippen molar-refractivity contribution in [3.63, 3.8) is 0 Å². The quantitative estimate of drug-likeness (QED) is 0.453. The Morgan fingerprint density at radius 2 is 1.43 bits per heavy atom. The fourth-order valence-electron chi connectivity index (χ4n) is 1.20. The Hall–Kier alpha value is -0.440. The highest BCUT2D eigenvalue weighted by Crippen LogP contribution is 2.21. The van der Waals surface area contributed by atoms with Gasteiger partial charge in [0.1, 0.15) is 0 Å². The van der Waals surface area contributed by atoms with E-state index in [0.717, 1.165) is 6.42 Å². The first-order chi connectivity index (χ1) is 6.21. The maximum absolute atomic E-state index is 3.27. The predicted octanol–water partition coefficient (Wildman–Crippen LogP) is 4.64. The van der Waals surface area contributed by atoms with Gasteiger partial charge in [0.15, 0.2) is 0 Å². The van der Waals surface area contributed by atoms with E-state index in [1.54, 1.807) is 0 Å². The smallest absolute Gasteiger partial charge is 0.0230 e. The van der Waals surface area contributed by atoms with Gasteiger partial charge in [-0.2, -0.15) is 0 Å². The topological polar surface area (TPSA) is 0 Å². The highest BCUT2D eigenvalue weighted by molar-refractivity contribution is 5.06. The summed E-state index contributed by atoms with van der Waals surface area (Å²) in [6.07, 6.45) is 4.93. The van der Waals surface area contributed by atoms with Gasteiger partial charge >= 0.3 is 0 Å². The van der Waals surface area contributed by atoms with Crippen LogP contribution < -0.4 is 0 Å². The van der Waals surface area contributed by atoms with Crippen molar-refractivity contribution in [1.82, 2.24) is 0 Å². The Labute approximate surface area is 90.5 Å². The summed E-state index contributed by atoms with van der Waals surface area (Å²) in [6.45, 7) is 13.4. The highest BCUT2D eigenvalue weighted by Gasteiger charge is 2.08. The number of unbranched alkanes of at least 4 members (excludes halogenated alkanes) is 2. The van der Waals surface area contributed by atoms with Crippen molar-refractivity contribution in [2.45, 2.75) is 67.2 Å². The Balaban J connectivity index is 3.52. The molecule has 0 amide bonds. The molecule has 0 atom stereocenters. The van der Waals surface area contributed by atoms with Crippen LogP contribution in [0.3, 0.4) is 0 Å². The molecule has 0 bridgehead atoms. The molecule has 0 saturated heterocycles. The zero-order valence-corrected chi connectivity index (χ0v) is 10.8. The molecule has 0 spiro atoms. The average molecular weight is 194 g/mol. The van der Waals surface area contributed by atoms with Crippen LogP contribution in [0, 0.1) is 22.7 Å². The fraction of sp³-hybridized carbons (Fsp3) is 0.857. The fourth-order valence-corrected chi connectivity index (χ4v) is 1.20. The molecule has 0 aliphatic rings. The summed E-state index contributed by atoms with van der Waals surface area (Å²) in [6, 6.07) is 0. The van der Waals surface area contributed by atoms with E-state index < -0.39 is 0 Å². The summed E-state index contributed by atoms with van der Waals surface area (Å²) in [7, 11) is 0. The molecule has 0 aromatic carbocycles. The molecule has 0 heteroatoms. The molecule has 0 nitrogen and oxygen atoms in total. The highest BCUT2D eigenvalue weighted by atomic mass is 14.1. The lowest BCUT2D eigenvalue weighted by Gasteiger charge is -2.16. The molecule has 0 fully saturated rings.